The molecule has 10 heteroatoms. The molecule has 0 saturated heterocycles. The number of rotatable bonds is 9. The molecular formula is C28H24Cl2F3N3O2. The van der Waals surface area contributed by atoms with E-state index in [1.807, 2.05) is 35.0 Å². The maximum Gasteiger partial charge on any atom is 0.416 e. The fraction of sp³-hybridized carbons (Fsp3) is 0.214. The first-order valence-electron chi connectivity index (χ1n) is 11.7. The van der Waals surface area contributed by atoms with Crippen LogP contribution in [0.2, 0.25) is 10.0 Å². The molecule has 0 saturated carbocycles. The number of carbonyl (C=O) groups is 1. The van der Waals surface area contributed by atoms with Gasteiger partial charge in [0, 0.05) is 35.4 Å². The summed E-state index contributed by atoms with van der Waals surface area (Å²) in [5.41, 5.74) is 3.28. The number of hydrogen-bond donors (Lipinski definition) is 1. The van der Waals surface area contributed by atoms with E-state index in [-0.39, 0.29) is 12.5 Å². The van der Waals surface area contributed by atoms with Gasteiger partial charge in [-0.05, 0) is 60.0 Å². The number of alkyl halides is 3. The number of aromatic nitrogens is 2. The number of nitrogens with one attached hydrogen (secondary N) is 1. The molecule has 0 aliphatic carbocycles. The van der Waals surface area contributed by atoms with Crippen LogP contribution in [0.3, 0.4) is 0 Å². The summed E-state index contributed by atoms with van der Waals surface area (Å²) < 4.78 is 45.4. The average molecular weight is 562 g/mol. The summed E-state index contributed by atoms with van der Waals surface area (Å²) in [6, 6.07) is 18.0. The number of imidazole rings is 1. The number of aryl methyl sites for hydroxylation is 2. The minimum Gasteiger partial charge on any atom is -0.468 e. The monoisotopic (exact) mass is 561 g/mol. The van der Waals surface area contributed by atoms with Gasteiger partial charge in [0.2, 0.25) is 0 Å². The van der Waals surface area contributed by atoms with Gasteiger partial charge in [0.25, 0.3) is 0 Å². The average Bonchev–Trinajstić information content (AvgIpc) is 3.28. The number of halogens is 5. The highest BCUT2D eigenvalue weighted by atomic mass is 35.5. The zero-order valence-electron chi connectivity index (χ0n) is 20.4. The zero-order valence-corrected chi connectivity index (χ0v) is 21.9. The molecule has 1 aromatic heterocycles. The Morgan fingerprint density at radius 3 is 2.29 bits per heavy atom. The van der Waals surface area contributed by atoms with Crippen LogP contribution in [-0.4, -0.2) is 29.2 Å². The van der Waals surface area contributed by atoms with Crippen molar-refractivity contribution < 1.29 is 22.7 Å². The van der Waals surface area contributed by atoms with Crippen molar-refractivity contribution in [1.82, 2.24) is 9.55 Å². The lowest BCUT2D eigenvalue weighted by Gasteiger charge is -2.10. The van der Waals surface area contributed by atoms with E-state index in [9.17, 15) is 18.0 Å². The Morgan fingerprint density at radius 2 is 1.66 bits per heavy atom. The summed E-state index contributed by atoms with van der Waals surface area (Å²) in [7, 11) is 1.33. The summed E-state index contributed by atoms with van der Waals surface area (Å²) in [5.74, 6) is 0.400. The summed E-state index contributed by atoms with van der Waals surface area (Å²) in [6.07, 6.45) is -1.44. The van der Waals surface area contributed by atoms with E-state index >= 15 is 0 Å². The van der Waals surface area contributed by atoms with Crippen molar-refractivity contribution in [2.75, 3.05) is 19.0 Å². The van der Waals surface area contributed by atoms with Crippen LogP contribution in [0.15, 0.2) is 72.9 Å². The number of esters is 1. The van der Waals surface area contributed by atoms with Crippen LogP contribution in [0.1, 0.15) is 22.5 Å². The van der Waals surface area contributed by atoms with Crippen molar-refractivity contribution in [2.24, 2.45) is 0 Å². The van der Waals surface area contributed by atoms with E-state index in [4.69, 9.17) is 28.2 Å². The topological polar surface area (TPSA) is 56.1 Å². The second kappa shape index (κ2) is 11.9. The Hall–Kier alpha value is -3.49. The van der Waals surface area contributed by atoms with Crippen LogP contribution < -0.4 is 5.32 Å². The first kappa shape index (κ1) is 27.5. The quantitative estimate of drug-likeness (QED) is 0.218. The first-order valence-corrected chi connectivity index (χ1v) is 12.4. The number of ether oxygens (including phenoxy) is 1. The third kappa shape index (κ3) is 7.08. The van der Waals surface area contributed by atoms with Gasteiger partial charge in [0.15, 0.2) is 0 Å². The molecule has 198 valence electrons. The molecule has 0 amide bonds. The third-order valence-corrected chi connectivity index (χ3v) is 6.50. The number of benzene rings is 3. The molecule has 0 atom stereocenters. The van der Waals surface area contributed by atoms with Crippen LogP contribution in [0, 0.1) is 0 Å². The smallest absolute Gasteiger partial charge is 0.416 e. The maximum atomic E-state index is 12.9. The third-order valence-electron chi connectivity index (χ3n) is 5.96. The van der Waals surface area contributed by atoms with E-state index in [0.29, 0.717) is 35.1 Å². The molecule has 0 unspecified atom stereocenters. The molecule has 0 aliphatic heterocycles. The highest BCUT2D eigenvalue weighted by Gasteiger charge is 2.29. The highest BCUT2D eigenvalue weighted by Crippen LogP contribution is 2.31. The molecule has 38 heavy (non-hydrogen) atoms. The fourth-order valence-electron chi connectivity index (χ4n) is 3.91. The van der Waals surface area contributed by atoms with Gasteiger partial charge >= 0.3 is 12.1 Å². The van der Waals surface area contributed by atoms with Gasteiger partial charge in [-0.1, -0.05) is 47.5 Å². The largest absolute Gasteiger partial charge is 0.468 e. The zero-order chi connectivity index (χ0) is 27.3. The van der Waals surface area contributed by atoms with Gasteiger partial charge in [-0.25, -0.2) is 4.98 Å². The van der Waals surface area contributed by atoms with Crippen LogP contribution in [0.25, 0.3) is 11.3 Å². The number of hydrogen-bond acceptors (Lipinski definition) is 4. The van der Waals surface area contributed by atoms with Crippen LogP contribution in [-0.2, 0) is 35.1 Å². The molecule has 3 aromatic carbocycles. The van der Waals surface area contributed by atoms with Gasteiger partial charge < -0.3 is 14.6 Å². The lowest BCUT2D eigenvalue weighted by atomic mass is 10.1. The van der Waals surface area contributed by atoms with Crippen molar-refractivity contribution in [2.45, 2.75) is 25.6 Å². The summed E-state index contributed by atoms with van der Waals surface area (Å²) in [6.45, 7) is 0.578. The minimum atomic E-state index is -4.37. The van der Waals surface area contributed by atoms with Gasteiger partial charge in [-0.2, -0.15) is 13.2 Å². The Morgan fingerprint density at radius 1 is 0.974 bits per heavy atom. The van der Waals surface area contributed by atoms with Crippen molar-refractivity contribution in [3.8, 4) is 11.3 Å². The first-order chi connectivity index (χ1) is 18.1. The van der Waals surface area contributed by atoms with E-state index < -0.39 is 11.7 Å². The molecule has 1 N–H and O–H groups in total. The molecule has 0 aliphatic rings. The van der Waals surface area contributed by atoms with Crippen molar-refractivity contribution in [3.63, 3.8) is 0 Å². The van der Waals surface area contributed by atoms with E-state index in [1.165, 1.54) is 19.2 Å². The molecule has 0 spiro atoms. The van der Waals surface area contributed by atoms with E-state index in [1.54, 1.807) is 18.2 Å². The van der Waals surface area contributed by atoms with Gasteiger partial charge in [-0.15, -0.1) is 0 Å². The fourth-order valence-corrected chi connectivity index (χ4v) is 4.41. The van der Waals surface area contributed by atoms with Gasteiger partial charge in [-0.3, -0.25) is 4.79 Å². The highest BCUT2D eigenvalue weighted by molar-refractivity contribution is 6.36. The van der Waals surface area contributed by atoms with Gasteiger partial charge in [0.05, 0.1) is 23.4 Å². The summed E-state index contributed by atoms with van der Waals surface area (Å²) in [5, 5.41) is 3.98. The lowest BCUT2D eigenvalue weighted by molar-refractivity contribution is -0.139. The van der Waals surface area contributed by atoms with Gasteiger partial charge in [0.1, 0.15) is 12.4 Å². The van der Waals surface area contributed by atoms with E-state index in [0.717, 1.165) is 40.3 Å². The molecule has 0 radical (unpaired) electrons. The second-order valence-electron chi connectivity index (χ2n) is 8.62. The summed E-state index contributed by atoms with van der Waals surface area (Å²) in [4.78, 5) is 16.2. The predicted octanol–water partition coefficient (Wildman–Crippen LogP) is 7.29. The molecule has 4 rings (SSSR count). The molecule has 4 aromatic rings. The molecular weight excluding hydrogens is 538 g/mol. The van der Waals surface area contributed by atoms with Crippen molar-refractivity contribution in [1.29, 1.82) is 0 Å². The second-order valence-corrected chi connectivity index (χ2v) is 9.46. The van der Waals surface area contributed by atoms with Crippen LogP contribution >= 0.6 is 23.2 Å². The predicted molar refractivity (Wildman–Crippen MR) is 143 cm³/mol. The maximum absolute atomic E-state index is 12.9. The van der Waals surface area contributed by atoms with Crippen molar-refractivity contribution >= 4 is 34.9 Å². The SMILES string of the molecule is COC(=O)CNc1ccc(Cn2cc(-c3ccc(Cl)cc3Cl)nc2CCc2ccc(C(F)(F)F)cc2)cc1. The lowest BCUT2D eigenvalue weighted by Crippen LogP contribution is -2.14. The Kier molecular flexibility index (Phi) is 8.64. The Labute approximate surface area is 228 Å². The minimum absolute atomic E-state index is 0.0661. The number of anilines is 1. The standard InChI is InChI=1S/C28H24Cl2F3N3O2/c1-38-27(37)15-34-22-10-4-19(5-11-22)16-36-17-25(23-12-9-21(29)14-24(23)30)35-26(36)13-6-18-2-7-20(8-3-18)28(31,32)33/h2-5,7-12,14,17,34H,6,13,15-16H2,1H3. The summed E-state index contributed by atoms with van der Waals surface area (Å²) >= 11 is 12.5. The molecule has 1 heterocycles. The van der Waals surface area contributed by atoms with Crippen LogP contribution in [0.5, 0.6) is 0 Å². The molecule has 5 nitrogen and oxygen atoms in total. The normalized spacial score (nSPS) is 11.4. The molecule has 0 bridgehead atoms. The number of carbonyl (C=O) groups excluding carboxylic acids is 1. The Bertz CT molecular complexity index is 1400. The Balaban J connectivity index is 1.56. The number of nitrogens with zero attached hydrogens (tertiary/aromatic N) is 2. The number of methoxy groups -OCH3 is 1. The van der Waals surface area contributed by atoms with E-state index in [2.05, 4.69) is 10.1 Å². The molecule has 0 fully saturated rings. The van der Waals surface area contributed by atoms with Crippen LogP contribution in [0.4, 0.5) is 18.9 Å². The van der Waals surface area contributed by atoms with Crippen molar-refractivity contribution in [3.05, 3.63) is 105 Å².